The van der Waals surface area contributed by atoms with Gasteiger partial charge in [-0.3, -0.25) is 4.79 Å². The predicted molar refractivity (Wildman–Crippen MR) is 97.4 cm³/mol. The van der Waals surface area contributed by atoms with Crippen LogP contribution >= 0.6 is 0 Å². The van der Waals surface area contributed by atoms with Crippen molar-refractivity contribution in [3.63, 3.8) is 0 Å². The lowest BCUT2D eigenvalue weighted by atomic mass is 10.1. The quantitative estimate of drug-likeness (QED) is 0.774. The molecule has 1 heterocycles. The van der Waals surface area contributed by atoms with Crippen molar-refractivity contribution in [1.29, 1.82) is 0 Å². The first kappa shape index (κ1) is 17.8. The van der Waals surface area contributed by atoms with Gasteiger partial charge < -0.3 is 24.3 Å². The van der Waals surface area contributed by atoms with E-state index in [1.165, 1.54) is 6.08 Å². The van der Waals surface area contributed by atoms with Crippen molar-refractivity contribution in [2.24, 2.45) is 0 Å². The molecule has 136 valence electrons. The fraction of sp³-hybridized carbons (Fsp3) is 0.250. The molecule has 0 aliphatic carbocycles. The Kier molecular flexibility index (Phi) is 5.76. The van der Waals surface area contributed by atoms with Crippen molar-refractivity contribution in [3.05, 3.63) is 59.7 Å². The number of fused-ring (bicyclic) bond motifs is 1. The number of ether oxygens (including phenoxy) is 4. The molecule has 2 aromatic carbocycles. The summed E-state index contributed by atoms with van der Waals surface area (Å²) >= 11 is 0. The molecule has 0 aromatic heterocycles. The second-order valence-corrected chi connectivity index (χ2v) is 5.69. The minimum absolute atomic E-state index is 0.201. The molecule has 0 saturated carbocycles. The van der Waals surface area contributed by atoms with Crippen molar-refractivity contribution in [2.75, 3.05) is 27.6 Å². The highest BCUT2D eigenvalue weighted by molar-refractivity contribution is 5.91. The summed E-state index contributed by atoms with van der Waals surface area (Å²) in [5.74, 6) is 1.95. The van der Waals surface area contributed by atoms with Crippen LogP contribution in [0.5, 0.6) is 17.2 Å². The van der Waals surface area contributed by atoms with Crippen molar-refractivity contribution in [3.8, 4) is 17.2 Å². The summed E-state index contributed by atoms with van der Waals surface area (Å²) in [5.41, 5.74) is 1.80. The average molecular weight is 355 g/mol. The fourth-order valence-electron chi connectivity index (χ4n) is 2.62. The Hall–Kier alpha value is -2.99. The molecule has 0 saturated heterocycles. The van der Waals surface area contributed by atoms with Crippen LogP contribution in [0.4, 0.5) is 0 Å². The summed E-state index contributed by atoms with van der Waals surface area (Å²) in [7, 11) is 3.22. The highest BCUT2D eigenvalue weighted by atomic mass is 16.7. The third kappa shape index (κ3) is 4.34. The van der Waals surface area contributed by atoms with Crippen LogP contribution < -0.4 is 19.5 Å². The molecule has 2 aromatic rings. The predicted octanol–water partition coefficient (Wildman–Crippen LogP) is 2.94. The molecule has 6 heteroatoms. The van der Waals surface area contributed by atoms with E-state index in [0.717, 1.165) is 16.9 Å². The zero-order valence-corrected chi connectivity index (χ0v) is 14.7. The summed E-state index contributed by atoms with van der Waals surface area (Å²) in [6.07, 6.45) is 2.95. The minimum atomic E-state index is -0.256. The fourth-order valence-corrected chi connectivity index (χ4v) is 2.62. The molecule has 0 spiro atoms. The zero-order chi connectivity index (χ0) is 18.4. The first-order valence-corrected chi connectivity index (χ1v) is 8.22. The van der Waals surface area contributed by atoms with Crippen LogP contribution in [0.3, 0.4) is 0 Å². The number of nitrogens with one attached hydrogen (secondary N) is 1. The van der Waals surface area contributed by atoms with E-state index in [1.807, 2.05) is 42.5 Å². The topological polar surface area (TPSA) is 66.0 Å². The van der Waals surface area contributed by atoms with Gasteiger partial charge in [-0.15, -0.1) is 0 Å². The highest BCUT2D eigenvalue weighted by Crippen LogP contribution is 2.32. The smallest absolute Gasteiger partial charge is 0.244 e. The third-order valence-electron chi connectivity index (χ3n) is 4.04. The van der Waals surface area contributed by atoms with Gasteiger partial charge in [-0.2, -0.15) is 0 Å². The number of methoxy groups -OCH3 is 2. The lowest BCUT2D eigenvalue weighted by Crippen LogP contribution is -2.27. The summed E-state index contributed by atoms with van der Waals surface area (Å²) in [6.45, 7) is 0.583. The summed E-state index contributed by atoms with van der Waals surface area (Å²) in [4.78, 5) is 12.1. The molecule has 1 unspecified atom stereocenters. The molecule has 0 fully saturated rings. The molecule has 1 aliphatic rings. The highest BCUT2D eigenvalue weighted by Gasteiger charge is 2.13. The summed E-state index contributed by atoms with van der Waals surface area (Å²) in [5, 5.41) is 2.84. The van der Waals surface area contributed by atoms with Gasteiger partial charge in [-0.1, -0.05) is 18.2 Å². The lowest BCUT2D eigenvalue weighted by molar-refractivity contribution is -0.117. The summed E-state index contributed by atoms with van der Waals surface area (Å²) in [6, 6.07) is 13.1. The summed E-state index contributed by atoms with van der Waals surface area (Å²) < 4.78 is 21.3. The molecule has 1 N–H and O–H groups in total. The number of amides is 1. The van der Waals surface area contributed by atoms with Crippen LogP contribution in [-0.4, -0.2) is 33.5 Å². The number of carbonyl (C=O) groups excluding carboxylic acids is 1. The van der Waals surface area contributed by atoms with Crippen LogP contribution in [0.15, 0.2) is 48.5 Å². The van der Waals surface area contributed by atoms with Gasteiger partial charge in [0.25, 0.3) is 0 Å². The van der Waals surface area contributed by atoms with Crippen LogP contribution in [-0.2, 0) is 9.53 Å². The van der Waals surface area contributed by atoms with Gasteiger partial charge in [-0.25, -0.2) is 0 Å². The molecular weight excluding hydrogens is 334 g/mol. The number of rotatable bonds is 7. The van der Waals surface area contributed by atoms with Gasteiger partial charge in [0, 0.05) is 19.7 Å². The Bertz CT molecular complexity index is 803. The van der Waals surface area contributed by atoms with Crippen LogP contribution in [0, 0.1) is 0 Å². The maximum atomic E-state index is 12.1. The molecule has 1 atom stereocenters. The standard InChI is InChI=1S/C20H21NO5/c1-23-16-5-3-4-15(11-16)19(24-2)12-21-20(22)9-7-14-6-8-17-18(10-14)26-13-25-17/h3-11,19H,12-13H2,1-2H3,(H,21,22)/b9-7+. The molecule has 1 amide bonds. The van der Waals surface area contributed by atoms with E-state index in [4.69, 9.17) is 18.9 Å². The Morgan fingerprint density at radius 2 is 2.04 bits per heavy atom. The number of benzene rings is 2. The average Bonchev–Trinajstić information content (AvgIpc) is 3.15. The molecular formula is C20H21NO5. The van der Waals surface area contributed by atoms with Crippen molar-refractivity contribution < 1.29 is 23.7 Å². The van der Waals surface area contributed by atoms with E-state index in [0.29, 0.717) is 18.0 Å². The Balaban J connectivity index is 1.57. The van der Waals surface area contributed by atoms with E-state index in [9.17, 15) is 4.79 Å². The SMILES string of the molecule is COc1cccc(C(CNC(=O)/C=C/c2ccc3c(c2)OCO3)OC)c1. The van der Waals surface area contributed by atoms with Gasteiger partial charge in [0.15, 0.2) is 11.5 Å². The number of carbonyl (C=O) groups is 1. The van der Waals surface area contributed by atoms with Gasteiger partial charge in [0.1, 0.15) is 5.75 Å². The van der Waals surface area contributed by atoms with E-state index < -0.39 is 0 Å². The number of hydrogen-bond donors (Lipinski definition) is 1. The normalized spacial score (nSPS) is 13.6. The van der Waals surface area contributed by atoms with E-state index in [2.05, 4.69) is 5.32 Å². The monoisotopic (exact) mass is 355 g/mol. The number of hydrogen-bond acceptors (Lipinski definition) is 5. The maximum absolute atomic E-state index is 12.1. The zero-order valence-electron chi connectivity index (χ0n) is 14.7. The molecule has 3 rings (SSSR count). The van der Waals surface area contributed by atoms with E-state index in [1.54, 1.807) is 20.3 Å². The first-order valence-electron chi connectivity index (χ1n) is 8.22. The third-order valence-corrected chi connectivity index (χ3v) is 4.04. The Labute approximate surface area is 152 Å². The van der Waals surface area contributed by atoms with E-state index >= 15 is 0 Å². The lowest BCUT2D eigenvalue weighted by Gasteiger charge is -2.16. The van der Waals surface area contributed by atoms with Gasteiger partial charge >= 0.3 is 0 Å². The van der Waals surface area contributed by atoms with Crippen LogP contribution in [0.25, 0.3) is 6.08 Å². The van der Waals surface area contributed by atoms with Gasteiger partial charge in [0.05, 0.1) is 13.2 Å². The second-order valence-electron chi connectivity index (χ2n) is 5.69. The molecule has 1 aliphatic heterocycles. The molecule has 26 heavy (non-hydrogen) atoms. The van der Waals surface area contributed by atoms with E-state index in [-0.39, 0.29) is 18.8 Å². The Morgan fingerprint density at radius 3 is 2.85 bits per heavy atom. The van der Waals surface area contributed by atoms with Crippen molar-refractivity contribution >= 4 is 12.0 Å². The first-order chi connectivity index (χ1) is 12.7. The van der Waals surface area contributed by atoms with Crippen molar-refractivity contribution in [2.45, 2.75) is 6.10 Å². The largest absolute Gasteiger partial charge is 0.497 e. The Morgan fingerprint density at radius 1 is 1.19 bits per heavy atom. The van der Waals surface area contributed by atoms with Crippen LogP contribution in [0.2, 0.25) is 0 Å². The van der Waals surface area contributed by atoms with Gasteiger partial charge in [-0.05, 0) is 41.5 Å². The van der Waals surface area contributed by atoms with Gasteiger partial charge in [0.2, 0.25) is 12.7 Å². The maximum Gasteiger partial charge on any atom is 0.244 e. The molecule has 0 bridgehead atoms. The molecule has 0 radical (unpaired) electrons. The second kappa shape index (κ2) is 8.40. The minimum Gasteiger partial charge on any atom is -0.497 e. The molecule has 6 nitrogen and oxygen atoms in total. The van der Waals surface area contributed by atoms with Crippen molar-refractivity contribution in [1.82, 2.24) is 5.32 Å². The van der Waals surface area contributed by atoms with Crippen LogP contribution in [0.1, 0.15) is 17.2 Å².